The van der Waals surface area contributed by atoms with E-state index in [2.05, 4.69) is 15.7 Å². The van der Waals surface area contributed by atoms with Crippen LogP contribution in [0.5, 0.6) is 0 Å². The molecule has 27 heavy (non-hydrogen) atoms. The van der Waals surface area contributed by atoms with Crippen LogP contribution in [-0.2, 0) is 16.1 Å². The number of carbonyl (C=O) groups is 2. The summed E-state index contributed by atoms with van der Waals surface area (Å²) in [6, 6.07) is 0. The third-order valence-corrected chi connectivity index (χ3v) is 4.50. The van der Waals surface area contributed by atoms with Gasteiger partial charge in [-0.15, -0.1) is 0 Å². The lowest BCUT2D eigenvalue weighted by Gasteiger charge is -2.32. The molecule has 0 atom stereocenters. The third-order valence-electron chi connectivity index (χ3n) is 4.50. The summed E-state index contributed by atoms with van der Waals surface area (Å²) < 4.78 is 1.35. The highest BCUT2D eigenvalue weighted by Gasteiger charge is 2.29. The highest BCUT2D eigenvalue weighted by molar-refractivity contribution is 5.87. The topological polar surface area (TPSA) is 122 Å². The van der Waals surface area contributed by atoms with Gasteiger partial charge in [0.05, 0.1) is 17.6 Å². The number of imidazole rings is 1. The smallest absolute Gasteiger partial charge is 0.390 e. The summed E-state index contributed by atoms with van der Waals surface area (Å²) in [5.74, 6) is -0.290. The molecule has 1 heterocycles. The highest BCUT2D eigenvalue weighted by Crippen LogP contribution is 2.12. The summed E-state index contributed by atoms with van der Waals surface area (Å²) in [5.41, 5.74) is 1.71. The summed E-state index contributed by atoms with van der Waals surface area (Å²) in [4.78, 5) is 38.0. The largest absolute Gasteiger partial charge is 0.434 e. The van der Waals surface area contributed by atoms with Crippen LogP contribution in [0.25, 0.3) is 0 Å². The van der Waals surface area contributed by atoms with Crippen LogP contribution in [0, 0.1) is 10.1 Å². The van der Waals surface area contributed by atoms with Crippen LogP contribution in [-0.4, -0.2) is 62.3 Å². The van der Waals surface area contributed by atoms with Crippen LogP contribution in [0.1, 0.15) is 41.0 Å². The van der Waals surface area contributed by atoms with Crippen LogP contribution < -0.4 is 10.7 Å². The number of nitro groups is 1. The summed E-state index contributed by atoms with van der Waals surface area (Å²) in [6.07, 6.45) is 2.97. The Kier molecular flexibility index (Phi) is 7.76. The number of hydrogen-bond acceptors (Lipinski definition) is 8. The van der Waals surface area contributed by atoms with E-state index in [9.17, 15) is 19.7 Å². The summed E-state index contributed by atoms with van der Waals surface area (Å²) >= 11 is 0. The molecule has 10 nitrogen and oxygen atoms in total. The molecule has 152 valence electrons. The van der Waals surface area contributed by atoms with Crippen LogP contribution in [0.4, 0.5) is 5.95 Å². The van der Waals surface area contributed by atoms with Gasteiger partial charge in [0.25, 0.3) is 0 Å². The Hall–Kier alpha value is -2.17. The van der Waals surface area contributed by atoms with Gasteiger partial charge in [-0.05, 0) is 39.5 Å². The first-order chi connectivity index (χ1) is 12.4. The second-order valence-corrected chi connectivity index (χ2v) is 7.62. The minimum absolute atomic E-state index is 0.0576. The lowest BCUT2D eigenvalue weighted by molar-refractivity contribution is -0.396. The maximum atomic E-state index is 12.5. The Labute approximate surface area is 159 Å². The van der Waals surface area contributed by atoms with E-state index in [1.807, 2.05) is 20.9 Å². The van der Waals surface area contributed by atoms with Crippen molar-refractivity contribution in [2.24, 2.45) is 0 Å². The Balaban J connectivity index is 2.50. The van der Waals surface area contributed by atoms with Crippen molar-refractivity contribution < 1.29 is 14.5 Å². The van der Waals surface area contributed by atoms with Crippen LogP contribution in [0.15, 0.2) is 12.4 Å². The zero-order valence-corrected chi connectivity index (χ0v) is 16.9. The predicted octanol–water partition coefficient (Wildman–Crippen LogP) is 0.923. The molecular formula is C17H30N6O4. The van der Waals surface area contributed by atoms with Crippen molar-refractivity contribution in [2.75, 3.05) is 20.1 Å². The summed E-state index contributed by atoms with van der Waals surface area (Å²) in [6.45, 7) is 10.1. The molecule has 1 rings (SSSR count). The van der Waals surface area contributed by atoms with Crippen molar-refractivity contribution in [2.45, 2.75) is 58.7 Å². The SMILES string of the molecule is CC(=O)C(C)(C)NCCN(C)NC(C)(C)C(=O)CCn1ccnc1[N+](=O)[O-]. The third kappa shape index (κ3) is 6.81. The number of nitrogens with zero attached hydrogens (tertiary/aromatic N) is 4. The van der Waals surface area contributed by atoms with E-state index < -0.39 is 16.0 Å². The van der Waals surface area contributed by atoms with Gasteiger partial charge in [0.15, 0.2) is 5.78 Å². The van der Waals surface area contributed by atoms with E-state index in [1.54, 1.807) is 25.8 Å². The lowest BCUT2D eigenvalue weighted by Crippen LogP contribution is -2.56. The molecule has 0 bridgehead atoms. The molecular weight excluding hydrogens is 352 g/mol. The first-order valence-corrected chi connectivity index (χ1v) is 8.80. The summed E-state index contributed by atoms with van der Waals surface area (Å²) in [7, 11) is 1.82. The maximum Gasteiger partial charge on any atom is 0.434 e. The number of Topliss-reactive ketones (excluding diaryl/α,β-unsaturated/α-hetero) is 2. The molecule has 0 aliphatic heterocycles. The van der Waals surface area contributed by atoms with Gasteiger partial charge in [0.1, 0.15) is 18.2 Å². The molecule has 0 unspecified atom stereocenters. The number of ketones is 2. The van der Waals surface area contributed by atoms with Crippen molar-refractivity contribution in [1.82, 2.24) is 25.3 Å². The molecule has 0 aliphatic carbocycles. The zero-order valence-electron chi connectivity index (χ0n) is 16.9. The molecule has 2 N–H and O–H groups in total. The van der Waals surface area contributed by atoms with Gasteiger partial charge in [0.2, 0.25) is 0 Å². The first kappa shape index (κ1) is 22.9. The van der Waals surface area contributed by atoms with E-state index in [0.29, 0.717) is 13.1 Å². The fraction of sp³-hybridized carbons (Fsp3) is 0.706. The van der Waals surface area contributed by atoms with Gasteiger partial charge >= 0.3 is 5.95 Å². The van der Waals surface area contributed by atoms with Gasteiger partial charge in [-0.1, -0.05) is 4.98 Å². The average molecular weight is 382 g/mol. The number of likely N-dealkylation sites (N-methyl/N-ethyl adjacent to an activating group) is 1. The minimum atomic E-state index is -0.833. The average Bonchev–Trinajstić information content (AvgIpc) is 3.00. The normalized spacial score (nSPS) is 12.4. The van der Waals surface area contributed by atoms with Gasteiger partial charge in [-0.25, -0.2) is 15.0 Å². The fourth-order valence-electron chi connectivity index (χ4n) is 2.44. The fourth-order valence-corrected chi connectivity index (χ4v) is 2.44. The van der Waals surface area contributed by atoms with Crippen molar-refractivity contribution in [3.8, 4) is 0 Å². The molecule has 1 aromatic rings. The second-order valence-electron chi connectivity index (χ2n) is 7.62. The van der Waals surface area contributed by atoms with Crippen molar-refractivity contribution >= 4 is 17.5 Å². The number of aromatic nitrogens is 2. The number of hydrogen-bond donors (Lipinski definition) is 2. The molecule has 0 amide bonds. The van der Waals surface area contributed by atoms with E-state index in [4.69, 9.17) is 0 Å². The Morgan fingerprint density at radius 2 is 1.93 bits per heavy atom. The van der Waals surface area contributed by atoms with Crippen LogP contribution >= 0.6 is 0 Å². The molecule has 10 heteroatoms. The molecule has 1 aromatic heterocycles. The molecule has 0 aromatic carbocycles. The molecule has 0 saturated heterocycles. The number of carbonyl (C=O) groups excluding carboxylic acids is 2. The highest BCUT2D eigenvalue weighted by atomic mass is 16.6. The Bertz CT molecular complexity index is 683. The summed E-state index contributed by atoms with van der Waals surface area (Å²) in [5, 5.41) is 15.8. The van der Waals surface area contributed by atoms with Crippen molar-refractivity contribution in [1.29, 1.82) is 0 Å². The molecule has 0 saturated carbocycles. The van der Waals surface area contributed by atoms with Gasteiger partial charge in [0, 0.05) is 26.6 Å². The predicted molar refractivity (Wildman–Crippen MR) is 101 cm³/mol. The molecule has 0 spiro atoms. The number of aryl methyl sites for hydroxylation is 1. The van der Waals surface area contributed by atoms with E-state index in [0.717, 1.165) is 0 Å². The van der Waals surface area contributed by atoms with E-state index in [-0.39, 0.29) is 30.5 Å². The van der Waals surface area contributed by atoms with Gasteiger partial charge < -0.3 is 15.4 Å². The maximum absolute atomic E-state index is 12.5. The lowest BCUT2D eigenvalue weighted by atomic mass is 9.97. The number of hydrazine groups is 1. The first-order valence-electron chi connectivity index (χ1n) is 8.80. The Morgan fingerprint density at radius 3 is 2.48 bits per heavy atom. The quantitative estimate of drug-likeness (QED) is 0.404. The van der Waals surface area contributed by atoms with Crippen molar-refractivity contribution in [3.05, 3.63) is 22.5 Å². The van der Waals surface area contributed by atoms with Gasteiger partial charge in [-0.3, -0.25) is 9.59 Å². The zero-order chi connectivity index (χ0) is 20.8. The second kappa shape index (κ2) is 9.16. The number of rotatable bonds is 12. The van der Waals surface area contributed by atoms with Gasteiger partial charge in [-0.2, -0.15) is 0 Å². The van der Waals surface area contributed by atoms with E-state index in [1.165, 1.54) is 17.0 Å². The Morgan fingerprint density at radius 1 is 1.30 bits per heavy atom. The molecule has 0 aliphatic rings. The number of nitrogens with one attached hydrogen (secondary N) is 2. The minimum Gasteiger partial charge on any atom is -0.390 e. The standard InChI is InChI=1S/C17H30N6O4/c1-13(24)16(2,3)19-9-11-21(6)20-17(4,5)14(25)7-10-22-12-8-18-15(22)23(26)27/h8,12,19-20H,7,9-11H2,1-6H3. The molecule has 0 radical (unpaired) electrons. The monoisotopic (exact) mass is 382 g/mol. The van der Waals surface area contributed by atoms with Crippen molar-refractivity contribution in [3.63, 3.8) is 0 Å². The molecule has 0 fully saturated rings. The van der Waals surface area contributed by atoms with Crippen LogP contribution in [0.3, 0.4) is 0 Å². The van der Waals surface area contributed by atoms with E-state index >= 15 is 0 Å². The van der Waals surface area contributed by atoms with Crippen LogP contribution in [0.2, 0.25) is 0 Å².